The van der Waals surface area contributed by atoms with Crippen molar-refractivity contribution in [1.82, 2.24) is 0 Å². The molecule has 5 heteroatoms. The molecule has 0 unspecified atom stereocenters. The second-order valence-corrected chi connectivity index (χ2v) is 4.71. The minimum Gasteiger partial charge on any atom is -0.478 e. The quantitative estimate of drug-likeness (QED) is 0.818. The van der Waals surface area contributed by atoms with Crippen molar-refractivity contribution in [2.24, 2.45) is 0 Å². The Kier molecular flexibility index (Phi) is 4.66. The largest absolute Gasteiger partial charge is 0.478 e. The Bertz CT molecular complexity index is 666. The molecule has 0 fully saturated rings. The summed E-state index contributed by atoms with van der Waals surface area (Å²) in [5, 5.41) is 9.42. The van der Waals surface area contributed by atoms with Crippen LogP contribution in [0.2, 0.25) is 10.0 Å². The summed E-state index contributed by atoms with van der Waals surface area (Å²) in [6, 6.07) is 12.0. The van der Waals surface area contributed by atoms with Gasteiger partial charge in [-0.05, 0) is 35.9 Å². The molecule has 0 atom stereocenters. The highest BCUT2D eigenvalue weighted by molar-refractivity contribution is 6.33. The van der Waals surface area contributed by atoms with Crippen LogP contribution in [0.25, 0.3) is 6.08 Å². The SMILES string of the molecule is O=C(O)/C=C/c1ccc(Oc2ccccc2Cl)c(Cl)c1. The second-order valence-electron chi connectivity index (χ2n) is 3.89. The van der Waals surface area contributed by atoms with E-state index in [9.17, 15) is 4.79 Å². The zero-order valence-electron chi connectivity index (χ0n) is 10.2. The number of carbonyl (C=O) groups is 1. The summed E-state index contributed by atoms with van der Waals surface area (Å²) in [6.07, 6.45) is 2.49. The highest BCUT2D eigenvalue weighted by Gasteiger charge is 2.06. The van der Waals surface area contributed by atoms with E-state index in [1.54, 1.807) is 42.5 Å². The Morgan fingerprint density at radius 2 is 1.75 bits per heavy atom. The van der Waals surface area contributed by atoms with E-state index in [0.717, 1.165) is 6.08 Å². The van der Waals surface area contributed by atoms with Crippen LogP contribution < -0.4 is 4.74 Å². The molecule has 0 aliphatic heterocycles. The van der Waals surface area contributed by atoms with Crippen LogP contribution in [0.3, 0.4) is 0 Å². The molecule has 0 aliphatic carbocycles. The maximum atomic E-state index is 10.4. The van der Waals surface area contributed by atoms with Gasteiger partial charge in [-0.1, -0.05) is 41.4 Å². The van der Waals surface area contributed by atoms with Crippen molar-refractivity contribution < 1.29 is 14.6 Å². The lowest BCUT2D eigenvalue weighted by atomic mass is 10.2. The maximum Gasteiger partial charge on any atom is 0.328 e. The monoisotopic (exact) mass is 308 g/mol. The van der Waals surface area contributed by atoms with Gasteiger partial charge in [-0.2, -0.15) is 0 Å². The summed E-state index contributed by atoms with van der Waals surface area (Å²) in [4.78, 5) is 10.4. The maximum absolute atomic E-state index is 10.4. The second kappa shape index (κ2) is 6.46. The third kappa shape index (κ3) is 3.76. The van der Waals surface area contributed by atoms with Gasteiger partial charge in [-0.25, -0.2) is 4.79 Å². The first-order valence-corrected chi connectivity index (χ1v) is 6.45. The molecule has 0 aliphatic rings. The molecular weight excluding hydrogens is 299 g/mol. The van der Waals surface area contributed by atoms with Crippen LogP contribution in [0.5, 0.6) is 11.5 Å². The number of halogens is 2. The van der Waals surface area contributed by atoms with Crippen molar-refractivity contribution in [1.29, 1.82) is 0 Å². The van der Waals surface area contributed by atoms with Gasteiger partial charge >= 0.3 is 5.97 Å². The average Bonchev–Trinajstić information content (AvgIpc) is 2.41. The zero-order chi connectivity index (χ0) is 14.5. The lowest BCUT2D eigenvalue weighted by Crippen LogP contribution is -1.88. The molecule has 0 amide bonds. The minimum atomic E-state index is -1.02. The van der Waals surface area contributed by atoms with Crippen molar-refractivity contribution in [2.45, 2.75) is 0 Å². The molecule has 2 rings (SSSR count). The summed E-state index contributed by atoms with van der Waals surface area (Å²) in [5.74, 6) is -0.0605. The molecule has 102 valence electrons. The fourth-order valence-corrected chi connectivity index (χ4v) is 1.92. The molecule has 0 saturated heterocycles. The van der Waals surface area contributed by atoms with E-state index in [2.05, 4.69) is 0 Å². The van der Waals surface area contributed by atoms with Gasteiger partial charge in [0.1, 0.15) is 11.5 Å². The lowest BCUT2D eigenvalue weighted by Gasteiger charge is -2.09. The van der Waals surface area contributed by atoms with Crippen LogP contribution in [0.1, 0.15) is 5.56 Å². The Hall–Kier alpha value is -1.97. The number of carboxylic acids is 1. The summed E-state index contributed by atoms with van der Waals surface area (Å²) in [6.45, 7) is 0. The average molecular weight is 309 g/mol. The molecule has 1 N–H and O–H groups in total. The molecule has 0 bridgehead atoms. The molecule has 0 radical (unpaired) electrons. The first-order chi connectivity index (χ1) is 9.56. The number of hydrogen-bond donors (Lipinski definition) is 1. The highest BCUT2D eigenvalue weighted by Crippen LogP contribution is 2.33. The van der Waals surface area contributed by atoms with Crippen molar-refractivity contribution in [3.8, 4) is 11.5 Å². The predicted octanol–water partition coefficient (Wildman–Crippen LogP) is 4.88. The van der Waals surface area contributed by atoms with Crippen molar-refractivity contribution in [2.75, 3.05) is 0 Å². The number of aliphatic carboxylic acids is 1. The number of benzene rings is 2. The van der Waals surface area contributed by atoms with Gasteiger partial charge in [0, 0.05) is 6.08 Å². The van der Waals surface area contributed by atoms with Crippen LogP contribution in [0.15, 0.2) is 48.5 Å². The summed E-state index contributed by atoms with van der Waals surface area (Å²) in [5.41, 5.74) is 0.670. The molecule has 0 aromatic heterocycles. The van der Waals surface area contributed by atoms with E-state index in [0.29, 0.717) is 27.1 Å². The van der Waals surface area contributed by atoms with E-state index < -0.39 is 5.97 Å². The standard InChI is InChI=1S/C15H10Cl2O3/c16-11-3-1-2-4-13(11)20-14-7-5-10(9-12(14)17)6-8-15(18)19/h1-9H,(H,18,19)/b8-6+. The number of para-hydroxylation sites is 1. The minimum absolute atomic E-state index is 0.373. The third-order valence-corrected chi connectivity index (χ3v) is 3.04. The van der Waals surface area contributed by atoms with E-state index in [1.165, 1.54) is 6.08 Å². The lowest BCUT2D eigenvalue weighted by molar-refractivity contribution is -0.131. The zero-order valence-corrected chi connectivity index (χ0v) is 11.7. The van der Waals surface area contributed by atoms with E-state index in [-0.39, 0.29) is 0 Å². The van der Waals surface area contributed by atoms with Crippen LogP contribution in [-0.2, 0) is 4.79 Å². The Balaban J connectivity index is 2.22. The molecule has 2 aromatic rings. The number of rotatable bonds is 4. The van der Waals surface area contributed by atoms with Crippen molar-refractivity contribution in [3.63, 3.8) is 0 Å². The van der Waals surface area contributed by atoms with Crippen molar-refractivity contribution in [3.05, 3.63) is 64.1 Å². The van der Waals surface area contributed by atoms with E-state index in [1.807, 2.05) is 0 Å². The number of ether oxygens (including phenoxy) is 1. The first-order valence-electron chi connectivity index (χ1n) is 5.69. The van der Waals surface area contributed by atoms with Gasteiger partial charge in [0.2, 0.25) is 0 Å². The molecule has 0 saturated carbocycles. The first kappa shape index (κ1) is 14.4. The van der Waals surface area contributed by atoms with Crippen LogP contribution in [0.4, 0.5) is 0 Å². The Morgan fingerprint density at radius 3 is 2.40 bits per heavy atom. The highest BCUT2D eigenvalue weighted by atomic mass is 35.5. The molecule has 0 spiro atoms. The van der Waals surface area contributed by atoms with Gasteiger partial charge in [0.15, 0.2) is 0 Å². The summed E-state index contributed by atoms with van der Waals surface area (Å²) < 4.78 is 5.62. The van der Waals surface area contributed by atoms with E-state index in [4.69, 9.17) is 33.0 Å². The summed E-state index contributed by atoms with van der Waals surface area (Å²) >= 11 is 12.1. The number of hydrogen-bond acceptors (Lipinski definition) is 2. The molecule has 3 nitrogen and oxygen atoms in total. The van der Waals surface area contributed by atoms with Crippen LogP contribution >= 0.6 is 23.2 Å². The molecule has 20 heavy (non-hydrogen) atoms. The van der Waals surface area contributed by atoms with Crippen molar-refractivity contribution >= 4 is 35.2 Å². The molecule has 0 heterocycles. The normalized spacial score (nSPS) is 10.7. The third-order valence-electron chi connectivity index (χ3n) is 2.43. The fraction of sp³-hybridized carbons (Fsp3) is 0. The Labute approximate surface area is 126 Å². The van der Waals surface area contributed by atoms with Gasteiger partial charge < -0.3 is 9.84 Å². The van der Waals surface area contributed by atoms with Gasteiger partial charge in [-0.15, -0.1) is 0 Å². The Morgan fingerprint density at radius 1 is 1.05 bits per heavy atom. The van der Waals surface area contributed by atoms with Gasteiger partial charge in [-0.3, -0.25) is 0 Å². The summed E-state index contributed by atoms with van der Waals surface area (Å²) in [7, 11) is 0. The van der Waals surface area contributed by atoms with Gasteiger partial charge in [0.25, 0.3) is 0 Å². The topological polar surface area (TPSA) is 46.5 Å². The predicted molar refractivity (Wildman–Crippen MR) is 79.6 cm³/mol. The van der Waals surface area contributed by atoms with Gasteiger partial charge in [0.05, 0.1) is 10.0 Å². The molecule has 2 aromatic carbocycles. The van der Waals surface area contributed by atoms with E-state index >= 15 is 0 Å². The van der Waals surface area contributed by atoms with Crippen LogP contribution in [0, 0.1) is 0 Å². The fourth-order valence-electron chi connectivity index (χ4n) is 1.52. The number of carboxylic acid groups (broad SMARTS) is 1. The molecular formula is C15H10Cl2O3. The van der Waals surface area contributed by atoms with Crippen LogP contribution in [-0.4, -0.2) is 11.1 Å². The smallest absolute Gasteiger partial charge is 0.328 e.